The van der Waals surface area contributed by atoms with E-state index in [1.165, 1.54) is 41.5 Å². The van der Waals surface area contributed by atoms with Crippen LogP contribution in [0, 0.1) is 0 Å². The maximum absolute atomic E-state index is 4.87. The van der Waals surface area contributed by atoms with E-state index in [0.29, 0.717) is 0 Å². The minimum absolute atomic E-state index is 0.741. The molecular weight excluding hydrogens is 384 g/mol. The highest BCUT2D eigenvalue weighted by Crippen LogP contribution is 2.37. The van der Waals surface area contributed by atoms with Gasteiger partial charge in [-0.15, -0.1) is 16.4 Å². The van der Waals surface area contributed by atoms with Gasteiger partial charge in [-0.2, -0.15) is 0 Å². The summed E-state index contributed by atoms with van der Waals surface area (Å²) in [6, 6.07) is 8.07. The highest BCUT2D eigenvalue weighted by atomic mass is 79.9. The fourth-order valence-corrected chi connectivity index (χ4v) is 5.17. The predicted molar refractivity (Wildman–Crippen MR) is 101 cm³/mol. The second-order valence-corrected chi connectivity index (χ2v) is 8.11. The van der Waals surface area contributed by atoms with Crippen molar-refractivity contribution in [3.05, 3.63) is 45.5 Å². The third kappa shape index (κ3) is 2.20. The van der Waals surface area contributed by atoms with E-state index in [4.69, 9.17) is 4.98 Å². The van der Waals surface area contributed by atoms with Crippen LogP contribution in [0.2, 0.25) is 0 Å². The summed E-state index contributed by atoms with van der Waals surface area (Å²) in [5.74, 6) is 0.741. The van der Waals surface area contributed by atoms with Crippen molar-refractivity contribution in [1.29, 1.82) is 0 Å². The first-order valence-corrected chi connectivity index (χ1v) is 9.83. The molecule has 0 fully saturated rings. The van der Waals surface area contributed by atoms with Crippen molar-refractivity contribution in [3.63, 3.8) is 0 Å². The average molecular weight is 399 g/mol. The molecule has 0 saturated carbocycles. The van der Waals surface area contributed by atoms with Gasteiger partial charge in [0.1, 0.15) is 11.2 Å². The van der Waals surface area contributed by atoms with Gasteiger partial charge < -0.3 is 0 Å². The van der Waals surface area contributed by atoms with E-state index in [-0.39, 0.29) is 0 Å². The van der Waals surface area contributed by atoms with Crippen molar-refractivity contribution in [2.24, 2.45) is 0 Å². The number of aromatic nitrogens is 4. The van der Waals surface area contributed by atoms with Gasteiger partial charge in [0.25, 0.3) is 0 Å². The van der Waals surface area contributed by atoms with Crippen LogP contribution in [0.3, 0.4) is 0 Å². The maximum Gasteiger partial charge on any atom is 0.183 e. The van der Waals surface area contributed by atoms with Gasteiger partial charge in [-0.1, -0.05) is 34.5 Å². The summed E-state index contributed by atoms with van der Waals surface area (Å²) in [6.07, 6.45) is 7.95. The molecule has 1 aliphatic rings. The van der Waals surface area contributed by atoms with E-state index in [2.05, 4.69) is 26.0 Å². The molecule has 24 heavy (non-hydrogen) atoms. The number of hydrogen-bond acceptors (Lipinski definition) is 4. The number of hydrogen-bond donors (Lipinski definition) is 0. The number of nitrogens with zero attached hydrogens (tertiary/aromatic N) is 4. The number of fused-ring (bicyclic) bond motifs is 5. The summed E-state index contributed by atoms with van der Waals surface area (Å²) < 4.78 is 2.84. The lowest BCUT2D eigenvalue weighted by molar-refractivity contribution is 0.713. The molecule has 3 aromatic heterocycles. The maximum atomic E-state index is 4.87. The van der Waals surface area contributed by atoms with Gasteiger partial charge in [-0.05, 0) is 43.4 Å². The Labute approximate surface area is 151 Å². The number of halogens is 1. The van der Waals surface area contributed by atoms with Gasteiger partial charge in [0.2, 0.25) is 0 Å². The van der Waals surface area contributed by atoms with Crippen LogP contribution in [0.4, 0.5) is 0 Å². The standard InChI is InChI=1S/C18H15BrN4S/c19-13-8-5-4-6-11(13)16-21-17-15-12-7-2-1-3-9-14(12)24-18(15)20-10-23(17)22-16/h4-6,8,10H,1-3,7,9H2. The van der Waals surface area contributed by atoms with Crippen LogP contribution < -0.4 is 0 Å². The normalized spacial score (nSPS) is 14.9. The van der Waals surface area contributed by atoms with E-state index in [1.54, 1.807) is 6.33 Å². The molecule has 6 heteroatoms. The van der Waals surface area contributed by atoms with Crippen LogP contribution in [0.1, 0.15) is 29.7 Å². The number of rotatable bonds is 1. The van der Waals surface area contributed by atoms with Gasteiger partial charge in [0.15, 0.2) is 11.5 Å². The fourth-order valence-electron chi connectivity index (χ4n) is 3.49. The van der Waals surface area contributed by atoms with Gasteiger partial charge >= 0.3 is 0 Å². The first-order valence-electron chi connectivity index (χ1n) is 8.22. The molecule has 1 aromatic carbocycles. The summed E-state index contributed by atoms with van der Waals surface area (Å²) in [5, 5.41) is 5.88. The molecule has 0 N–H and O–H groups in total. The Hall–Kier alpha value is -1.79. The van der Waals surface area contributed by atoms with Crippen molar-refractivity contribution in [2.45, 2.75) is 32.1 Å². The third-order valence-electron chi connectivity index (χ3n) is 4.66. The summed E-state index contributed by atoms with van der Waals surface area (Å²) in [7, 11) is 0. The quantitative estimate of drug-likeness (QED) is 0.422. The summed E-state index contributed by atoms with van der Waals surface area (Å²) in [5.41, 5.74) is 3.40. The Morgan fingerprint density at radius 2 is 1.96 bits per heavy atom. The largest absolute Gasteiger partial charge is 0.225 e. The molecule has 5 rings (SSSR count). The predicted octanol–water partition coefficient (Wildman–Crippen LogP) is 5.04. The highest BCUT2D eigenvalue weighted by Gasteiger charge is 2.20. The molecule has 0 bridgehead atoms. The van der Waals surface area contributed by atoms with E-state index >= 15 is 0 Å². The fraction of sp³-hybridized carbons (Fsp3) is 0.278. The summed E-state index contributed by atoms with van der Waals surface area (Å²) >= 11 is 5.43. The van der Waals surface area contributed by atoms with Crippen LogP contribution >= 0.6 is 27.3 Å². The smallest absolute Gasteiger partial charge is 0.183 e. The zero-order valence-electron chi connectivity index (χ0n) is 13.0. The lowest BCUT2D eigenvalue weighted by atomic mass is 10.1. The van der Waals surface area contributed by atoms with E-state index in [1.807, 2.05) is 40.1 Å². The summed E-state index contributed by atoms with van der Waals surface area (Å²) in [4.78, 5) is 12.1. The molecule has 0 spiro atoms. The molecule has 0 radical (unpaired) electrons. The Morgan fingerprint density at radius 1 is 1.08 bits per heavy atom. The second kappa shape index (κ2) is 5.63. The van der Waals surface area contributed by atoms with Crippen molar-refractivity contribution in [1.82, 2.24) is 19.6 Å². The van der Waals surface area contributed by atoms with Crippen LogP contribution in [0.5, 0.6) is 0 Å². The minimum Gasteiger partial charge on any atom is -0.225 e. The number of thiophene rings is 1. The molecule has 4 aromatic rings. The van der Waals surface area contributed by atoms with E-state index < -0.39 is 0 Å². The van der Waals surface area contributed by atoms with Crippen molar-refractivity contribution < 1.29 is 0 Å². The zero-order chi connectivity index (χ0) is 16.1. The monoisotopic (exact) mass is 398 g/mol. The first kappa shape index (κ1) is 14.5. The SMILES string of the molecule is Brc1ccccc1-c1nc2c3c4c(sc3ncn2n1)CCCCC4. The number of aryl methyl sites for hydroxylation is 2. The Kier molecular flexibility index (Phi) is 3.41. The highest BCUT2D eigenvalue weighted by molar-refractivity contribution is 9.10. The minimum atomic E-state index is 0.741. The molecule has 4 nitrogen and oxygen atoms in total. The van der Waals surface area contributed by atoms with E-state index in [0.717, 1.165) is 32.8 Å². The zero-order valence-corrected chi connectivity index (χ0v) is 15.4. The van der Waals surface area contributed by atoms with Gasteiger partial charge in [-0.3, -0.25) is 0 Å². The Morgan fingerprint density at radius 3 is 2.88 bits per heavy atom. The average Bonchev–Trinajstić information content (AvgIpc) is 3.09. The molecular formula is C18H15BrN4S. The Balaban J connectivity index is 1.79. The van der Waals surface area contributed by atoms with Crippen molar-refractivity contribution >= 4 is 43.1 Å². The molecule has 0 unspecified atom stereocenters. The van der Waals surface area contributed by atoms with Crippen LogP contribution in [-0.2, 0) is 12.8 Å². The lowest BCUT2D eigenvalue weighted by Gasteiger charge is -1.99. The van der Waals surface area contributed by atoms with Gasteiger partial charge in [0, 0.05) is 14.9 Å². The van der Waals surface area contributed by atoms with Crippen LogP contribution in [-0.4, -0.2) is 19.6 Å². The third-order valence-corrected chi connectivity index (χ3v) is 6.55. The molecule has 0 saturated heterocycles. The molecule has 0 amide bonds. The van der Waals surface area contributed by atoms with Crippen molar-refractivity contribution in [2.75, 3.05) is 0 Å². The van der Waals surface area contributed by atoms with Crippen LogP contribution in [0.15, 0.2) is 35.1 Å². The second-order valence-electron chi connectivity index (χ2n) is 6.17. The molecule has 1 aliphatic carbocycles. The topological polar surface area (TPSA) is 43.1 Å². The summed E-state index contributed by atoms with van der Waals surface area (Å²) in [6.45, 7) is 0. The van der Waals surface area contributed by atoms with Crippen LogP contribution in [0.25, 0.3) is 27.3 Å². The lowest BCUT2D eigenvalue weighted by Crippen LogP contribution is -1.92. The molecule has 0 atom stereocenters. The molecule has 120 valence electrons. The van der Waals surface area contributed by atoms with Gasteiger partial charge in [-0.25, -0.2) is 14.5 Å². The first-order chi connectivity index (χ1) is 11.8. The van der Waals surface area contributed by atoms with Crippen molar-refractivity contribution in [3.8, 4) is 11.4 Å². The van der Waals surface area contributed by atoms with Gasteiger partial charge in [0.05, 0.1) is 5.39 Å². The number of benzene rings is 1. The molecule has 3 heterocycles. The van der Waals surface area contributed by atoms with E-state index in [9.17, 15) is 0 Å². The Bertz CT molecular complexity index is 1070. The molecule has 0 aliphatic heterocycles.